The summed E-state index contributed by atoms with van der Waals surface area (Å²) in [4.78, 5) is 11.8. The largest absolute Gasteiger partial charge is 0.472 e. The molecule has 9 nitrogen and oxygen atoms in total. The molecule has 36 heavy (non-hydrogen) atoms. The normalized spacial score (nSPS) is 32.5. The molecule has 0 radical (unpaired) electrons. The Morgan fingerprint density at radius 2 is 1.03 bits per heavy atom. The van der Waals surface area contributed by atoms with Crippen molar-refractivity contribution in [2.24, 2.45) is 0 Å². The van der Waals surface area contributed by atoms with Gasteiger partial charge in [-0.25, -0.2) is 4.79 Å². The van der Waals surface area contributed by atoms with Crippen LogP contribution in [0.1, 0.15) is 13.3 Å². The van der Waals surface area contributed by atoms with E-state index in [1.54, 1.807) is 6.92 Å². The zero-order valence-corrected chi connectivity index (χ0v) is 32.0. The molecule has 212 valence electrons. The molecule has 1 saturated heterocycles. The quantitative estimate of drug-likeness (QED) is 0.120. The molecule has 2 atom stereocenters. The molecule has 0 spiro atoms. The van der Waals surface area contributed by atoms with Gasteiger partial charge in [-0.1, -0.05) is 6.58 Å². The van der Waals surface area contributed by atoms with Gasteiger partial charge in [0.25, 0.3) is 0 Å². The second-order valence-corrected chi connectivity index (χ2v) is 39.1. The van der Waals surface area contributed by atoms with Crippen LogP contribution in [0.15, 0.2) is 12.2 Å². The molecule has 0 aromatic carbocycles. The van der Waals surface area contributed by atoms with Crippen molar-refractivity contribution >= 4 is 65.9 Å². The lowest BCUT2D eigenvalue weighted by Gasteiger charge is -2.50. The van der Waals surface area contributed by atoms with E-state index in [4.69, 9.17) is 33.5 Å². The Balaban J connectivity index is 3.43. The minimum Gasteiger partial charge on any atom is -0.462 e. The Labute approximate surface area is 226 Å². The van der Waals surface area contributed by atoms with Crippen molar-refractivity contribution in [2.45, 2.75) is 104 Å². The van der Waals surface area contributed by atoms with Crippen molar-refractivity contribution in [3.8, 4) is 0 Å². The molecule has 0 saturated carbocycles. The lowest BCUT2D eigenvalue weighted by Crippen LogP contribution is -2.72. The maximum absolute atomic E-state index is 11.8. The molecule has 0 aromatic heterocycles. The molecule has 16 heteroatoms. The van der Waals surface area contributed by atoms with E-state index >= 15 is 0 Å². The van der Waals surface area contributed by atoms with Crippen molar-refractivity contribution in [1.82, 2.24) is 0 Å². The fraction of sp³-hybridized carbons (Fsp3) is 0.850. The van der Waals surface area contributed by atoms with E-state index < -0.39 is 65.9 Å². The van der Waals surface area contributed by atoms with Gasteiger partial charge in [0.05, 0.1) is 6.61 Å². The van der Waals surface area contributed by atoms with Gasteiger partial charge in [0.15, 0.2) is 25.0 Å². The van der Waals surface area contributed by atoms with Crippen LogP contribution in [-0.4, -0.2) is 72.5 Å². The van der Waals surface area contributed by atoms with Crippen molar-refractivity contribution < 1.29 is 38.3 Å². The van der Waals surface area contributed by atoms with E-state index in [0.717, 1.165) is 0 Å². The van der Waals surface area contributed by atoms with Crippen LogP contribution in [0.5, 0.6) is 0 Å². The number of rotatable bonds is 11. The van der Waals surface area contributed by atoms with Crippen molar-refractivity contribution in [2.75, 3.05) is 6.61 Å². The van der Waals surface area contributed by atoms with Gasteiger partial charge in [0, 0.05) is 25.2 Å². The zero-order valence-electron chi connectivity index (χ0n) is 25.0. The summed E-state index contributed by atoms with van der Waals surface area (Å²) in [6.07, 6.45) is 0.566. The number of esters is 1. The van der Waals surface area contributed by atoms with Gasteiger partial charge >= 0.3 is 40.9 Å². The van der Waals surface area contributed by atoms with Crippen LogP contribution < -0.4 is 0 Å². The van der Waals surface area contributed by atoms with E-state index in [1.807, 2.05) is 26.2 Å². The van der Waals surface area contributed by atoms with Gasteiger partial charge in [0.2, 0.25) is 0 Å². The molecule has 1 heterocycles. The van der Waals surface area contributed by atoms with Crippen LogP contribution in [-0.2, 0) is 38.3 Å². The van der Waals surface area contributed by atoms with E-state index in [2.05, 4.69) is 65.5 Å². The Morgan fingerprint density at radius 1 is 0.694 bits per heavy atom. The van der Waals surface area contributed by atoms with E-state index in [9.17, 15) is 4.79 Å². The van der Waals surface area contributed by atoms with Gasteiger partial charge in [-0.2, -0.15) is 0 Å². The first-order valence-corrected chi connectivity index (χ1v) is 31.9. The average Bonchev–Trinajstić information content (AvgIpc) is 2.49. The van der Waals surface area contributed by atoms with Gasteiger partial charge < -0.3 is 33.5 Å². The Bertz CT molecular complexity index is 760. The molecule has 0 amide bonds. The minimum absolute atomic E-state index is 0.244. The summed E-state index contributed by atoms with van der Waals surface area (Å²) in [6.45, 7) is 32.3. The van der Waals surface area contributed by atoms with Crippen LogP contribution in [0, 0.1) is 0 Å². The summed E-state index contributed by atoms with van der Waals surface area (Å²) in [5.41, 5.74) is 0.373. The third-order valence-corrected chi connectivity index (χ3v) is 29.8. The van der Waals surface area contributed by atoms with Crippen LogP contribution in [0.25, 0.3) is 0 Å². The number of hydrogen-bond acceptors (Lipinski definition) is 9. The summed E-state index contributed by atoms with van der Waals surface area (Å²) in [5.74, 6) is -0.402. The first kappa shape index (κ1) is 34.5. The number of ether oxygens (including phenoxy) is 1. The highest BCUT2D eigenvalue weighted by molar-refractivity contribution is 6.95. The third kappa shape index (κ3) is 13.0. The van der Waals surface area contributed by atoms with Gasteiger partial charge in [-0.3, -0.25) is 0 Å². The van der Waals surface area contributed by atoms with Crippen LogP contribution in [0.4, 0.5) is 0 Å². The first-order chi connectivity index (χ1) is 15.8. The molecule has 0 aromatic rings. The third-order valence-electron chi connectivity index (χ3n) is 4.38. The van der Waals surface area contributed by atoms with Crippen LogP contribution in [0.3, 0.4) is 0 Å². The summed E-state index contributed by atoms with van der Waals surface area (Å²) < 4.78 is 52.5. The summed E-state index contributed by atoms with van der Waals surface area (Å²) >= 11 is 0. The fourth-order valence-corrected chi connectivity index (χ4v) is 36.1. The van der Waals surface area contributed by atoms with Gasteiger partial charge in [-0.05, 0) is 84.9 Å². The maximum atomic E-state index is 11.8. The zero-order chi connectivity index (χ0) is 28.4. The monoisotopic (exact) mass is 630 g/mol. The molecule has 0 N–H and O–H groups in total. The van der Waals surface area contributed by atoms with Crippen molar-refractivity contribution in [3.05, 3.63) is 12.2 Å². The molecule has 0 bridgehead atoms. The summed E-state index contributed by atoms with van der Waals surface area (Å²) in [7, 11) is -19.0. The molecular weight excluding hydrogens is 581 g/mol. The predicted octanol–water partition coefficient (Wildman–Crippen LogP) is 5.91. The topological polar surface area (TPSA) is 90.9 Å². The Morgan fingerprint density at radius 3 is 1.33 bits per heavy atom. The van der Waals surface area contributed by atoms with Crippen molar-refractivity contribution in [1.29, 1.82) is 0 Å². The molecule has 1 aliphatic heterocycles. The lowest BCUT2D eigenvalue weighted by molar-refractivity contribution is -0.139. The van der Waals surface area contributed by atoms with E-state index in [0.29, 0.717) is 18.0 Å². The fourth-order valence-electron chi connectivity index (χ4n) is 4.12. The Hall–Kier alpha value is 0.448. The Kier molecular flexibility index (Phi) is 11.4. The van der Waals surface area contributed by atoms with Crippen LogP contribution in [0.2, 0.25) is 91.2 Å². The molecule has 2 unspecified atom stereocenters. The standard InChI is InChI=1S/C20H50O9Si7/c1-19(2)20(21)22-17-16-18-33(12)26-34(13,23-30(3,4)5)28-36(15,25-32(9,10)11)29-35(14,27-33)24-31(6,7)8/h1,16-18H2,2-15H3. The lowest BCUT2D eigenvalue weighted by atomic mass is 10.4. The van der Waals surface area contributed by atoms with Gasteiger partial charge in [0.1, 0.15) is 0 Å². The highest BCUT2D eigenvalue weighted by atomic mass is 28.6. The molecule has 0 aliphatic carbocycles. The molecule has 1 fully saturated rings. The summed E-state index contributed by atoms with van der Waals surface area (Å²) in [6, 6.07) is 0.561. The smallest absolute Gasteiger partial charge is 0.462 e. The minimum atomic E-state index is -3.28. The first-order valence-electron chi connectivity index (χ1n) is 12.5. The average molecular weight is 631 g/mol. The maximum Gasteiger partial charge on any atom is 0.472 e. The highest BCUT2D eigenvalue weighted by Gasteiger charge is 2.62. The second kappa shape index (κ2) is 11.9. The number of hydrogen-bond donors (Lipinski definition) is 0. The van der Waals surface area contributed by atoms with Crippen molar-refractivity contribution in [3.63, 3.8) is 0 Å². The SMILES string of the molecule is C=C(C)C(=O)OCCC[Si]1(C)O[Si](C)(O[Si](C)(C)C)O[Si](C)(O[Si](C)(C)C)O[Si](C)(O[Si](C)(C)C)O1. The van der Waals surface area contributed by atoms with E-state index in [-0.39, 0.29) is 6.61 Å². The predicted molar refractivity (Wildman–Crippen MR) is 159 cm³/mol. The van der Waals surface area contributed by atoms with Crippen LogP contribution >= 0.6 is 0 Å². The highest BCUT2D eigenvalue weighted by Crippen LogP contribution is 2.37. The van der Waals surface area contributed by atoms with Gasteiger partial charge in [-0.15, -0.1) is 0 Å². The molecule has 1 aliphatic rings. The number of carbonyl (C=O) groups is 1. The van der Waals surface area contributed by atoms with E-state index in [1.165, 1.54) is 0 Å². The molecular formula is C20H50O9Si7. The number of carbonyl (C=O) groups excluding carboxylic acids is 1. The summed E-state index contributed by atoms with van der Waals surface area (Å²) in [5, 5.41) is 0. The second-order valence-electron chi connectivity index (χ2n) is 12.8. The molecule has 1 rings (SSSR count).